The molecule has 1 aromatic heterocycles. The predicted octanol–water partition coefficient (Wildman–Crippen LogP) is -1.02. The van der Waals surface area contributed by atoms with Crippen LogP contribution in [0.25, 0.3) is 0 Å². The molecule has 0 saturated heterocycles. The van der Waals surface area contributed by atoms with Crippen LogP contribution in [0.2, 0.25) is 0 Å². The van der Waals surface area contributed by atoms with Crippen molar-refractivity contribution in [2.45, 2.75) is 19.9 Å². The molecule has 1 heterocycles. The summed E-state index contributed by atoms with van der Waals surface area (Å²) >= 11 is 0. The van der Waals surface area contributed by atoms with E-state index in [9.17, 15) is 14.4 Å². The van der Waals surface area contributed by atoms with Gasteiger partial charge >= 0.3 is 17.3 Å². The van der Waals surface area contributed by atoms with Gasteiger partial charge in [-0.2, -0.15) is 0 Å². The second-order valence-corrected chi connectivity index (χ2v) is 3.17. The summed E-state index contributed by atoms with van der Waals surface area (Å²) in [6, 6.07) is 0. The zero-order valence-corrected chi connectivity index (χ0v) is 7.61. The molecule has 0 spiro atoms. The fraction of sp³-hybridized carbons (Fsp3) is 0.571. The lowest BCUT2D eigenvalue weighted by atomic mass is 10.1. The van der Waals surface area contributed by atoms with Crippen LogP contribution in [-0.2, 0) is 11.3 Å². The van der Waals surface area contributed by atoms with Gasteiger partial charge in [-0.05, 0) is 5.92 Å². The fourth-order valence-corrected chi connectivity index (χ4v) is 1.17. The van der Waals surface area contributed by atoms with Crippen molar-refractivity contribution in [3.63, 3.8) is 0 Å². The van der Waals surface area contributed by atoms with Crippen LogP contribution in [0.1, 0.15) is 13.3 Å². The molecule has 1 aromatic rings. The molecular formula is C7H11N3O4. The van der Waals surface area contributed by atoms with Crippen molar-refractivity contribution in [2.24, 2.45) is 5.92 Å². The number of hydrogen-bond donors (Lipinski definition) is 3. The van der Waals surface area contributed by atoms with E-state index in [1.165, 1.54) is 0 Å². The van der Waals surface area contributed by atoms with Gasteiger partial charge in [0.05, 0.1) is 0 Å². The van der Waals surface area contributed by atoms with Crippen LogP contribution in [0, 0.1) is 5.92 Å². The molecular weight excluding hydrogens is 190 g/mol. The van der Waals surface area contributed by atoms with E-state index in [1.54, 1.807) is 6.92 Å². The van der Waals surface area contributed by atoms with E-state index in [0.29, 0.717) is 0 Å². The molecule has 0 fully saturated rings. The van der Waals surface area contributed by atoms with Gasteiger partial charge in [-0.25, -0.2) is 24.4 Å². The van der Waals surface area contributed by atoms with Gasteiger partial charge in [0.1, 0.15) is 0 Å². The number of rotatable bonds is 4. The normalized spacial score (nSPS) is 12.6. The largest absolute Gasteiger partial charge is 0.481 e. The first-order valence-electron chi connectivity index (χ1n) is 4.10. The molecule has 0 saturated carbocycles. The molecule has 7 heteroatoms. The Morgan fingerprint density at radius 1 is 1.43 bits per heavy atom. The monoisotopic (exact) mass is 201 g/mol. The standard InChI is InChI=1S/C7H11N3O4/c1-4(2-5(11)12)3-10-6(13)8-9-7(10)14/h4H,2-3H2,1H3,(H,8,13)(H,9,14)(H,11,12). The SMILES string of the molecule is CC(CC(=O)O)Cn1c(=O)[nH][nH]c1=O. The van der Waals surface area contributed by atoms with E-state index in [2.05, 4.69) is 10.2 Å². The van der Waals surface area contributed by atoms with Gasteiger partial charge < -0.3 is 5.11 Å². The molecule has 1 rings (SSSR count). The van der Waals surface area contributed by atoms with Crippen LogP contribution < -0.4 is 11.4 Å². The molecule has 14 heavy (non-hydrogen) atoms. The average molecular weight is 201 g/mol. The Balaban J connectivity index is 2.74. The molecule has 0 bridgehead atoms. The smallest absolute Gasteiger partial charge is 0.344 e. The lowest BCUT2D eigenvalue weighted by Gasteiger charge is -2.06. The Bertz CT molecular complexity index is 399. The first kappa shape index (κ1) is 10.3. The van der Waals surface area contributed by atoms with E-state index in [0.717, 1.165) is 4.57 Å². The van der Waals surface area contributed by atoms with E-state index < -0.39 is 17.3 Å². The second-order valence-electron chi connectivity index (χ2n) is 3.17. The van der Waals surface area contributed by atoms with Gasteiger partial charge in [-0.3, -0.25) is 4.79 Å². The van der Waals surface area contributed by atoms with Crippen LogP contribution in [0.15, 0.2) is 9.59 Å². The van der Waals surface area contributed by atoms with Crippen molar-refractivity contribution >= 4 is 5.97 Å². The highest BCUT2D eigenvalue weighted by atomic mass is 16.4. The van der Waals surface area contributed by atoms with Crippen LogP contribution in [0.4, 0.5) is 0 Å². The molecule has 0 aliphatic heterocycles. The van der Waals surface area contributed by atoms with Crippen molar-refractivity contribution in [3.8, 4) is 0 Å². The zero-order chi connectivity index (χ0) is 10.7. The Labute approximate surface area is 78.4 Å². The van der Waals surface area contributed by atoms with Crippen molar-refractivity contribution < 1.29 is 9.90 Å². The molecule has 0 aromatic carbocycles. The number of carboxylic acid groups (broad SMARTS) is 1. The lowest BCUT2D eigenvalue weighted by Crippen LogP contribution is -2.29. The van der Waals surface area contributed by atoms with Crippen LogP contribution in [0.3, 0.4) is 0 Å². The maximum absolute atomic E-state index is 11.0. The molecule has 1 unspecified atom stereocenters. The number of H-pyrrole nitrogens is 2. The minimum absolute atomic E-state index is 0.0724. The number of aromatic nitrogens is 3. The zero-order valence-electron chi connectivity index (χ0n) is 7.61. The minimum Gasteiger partial charge on any atom is -0.481 e. The third kappa shape index (κ3) is 2.35. The summed E-state index contributed by atoms with van der Waals surface area (Å²) in [6.45, 7) is 1.76. The quantitative estimate of drug-likeness (QED) is 0.579. The van der Waals surface area contributed by atoms with Crippen LogP contribution in [0.5, 0.6) is 0 Å². The summed E-state index contributed by atoms with van der Waals surface area (Å²) in [5.74, 6) is -1.21. The number of aliphatic carboxylic acids is 1. The summed E-state index contributed by atoms with van der Waals surface area (Å²) in [5, 5.41) is 12.7. The fourth-order valence-electron chi connectivity index (χ4n) is 1.17. The van der Waals surface area contributed by atoms with E-state index in [-0.39, 0.29) is 18.9 Å². The number of aromatic amines is 2. The van der Waals surface area contributed by atoms with Crippen molar-refractivity contribution in [1.29, 1.82) is 0 Å². The highest BCUT2D eigenvalue weighted by Crippen LogP contribution is 2.02. The molecule has 0 aliphatic rings. The van der Waals surface area contributed by atoms with Gasteiger partial charge in [0.25, 0.3) is 0 Å². The highest BCUT2D eigenvalue weighted by molar-refractivity contribution is 5.66. The third-order valence-corrected chi connectivity index (χ3v) is 1.78. The van der Waals surface area contributed by atoms with Crippen molar-refractivity contribution in [1.82, 2.24) is 14.8 Å². The van der Waals surface area contributed by atoms with Gasteiger partial charge in [0.15, 0.2) is 0 Å². The van der Waals surface area contributed by atoms with E-state index >= 15 is 0 Å². The molecule has 0 radical (unpaired) electrons. The number of nitrogens with zero attached hydrogens (tertiary/aromatic N) is 1. The van der Waals surface area contributed by atoms with Gasteiger partial charge in [-0.1, -0.05) is 6.92 Å². The topological polar surface area (TPSA) is 108 Å². The van der Waals surface area contributed by atoms with Gasteiger partial charge in [-0.15, -0.1) is 0 Å². The van der Waals surface area contributed by atoms with Gasteiger partial charge in [0.2, 0.25) is 0 Å². The predicted molar refractivity (Wildman–Crippen MR) is 47.1 cm³/mol. The van der Waals surface area contributed by atoms with Crippen molar-refractivity contribution in [2.75, 3.05) is 0 Å². The molecule has 3 N–H and O–H groups in total. The maximum Gasteiger partial charge on any atom is 0.344 e. The van der Waals surface area contributed by atoms with Crippen LogP contribution in [-0.4, -0.2) is 25.8 Å². The molecule has 7 nitrogen and oxygen atoms in total. The molecule has 1 atom stereocenters. The Hall–Kier alpha value is -1.79. The summed E-state index contributed by atoms with van der Waals surface area (Å²) in [5.41, 5.74) is -1.10. The second kappa shape index (κ2) is 3.95. The van der Waals surface area contributed by atoms with Crippen molar-refractivity contribution in [3.05, 3.63) is 21.0 Å². The third-order valence-electron chi connectivity index (χ3n) is 1.78. The molecule has 78 valence electrons. The number of carbonyl (C=O) groups is 1. The summed E-state index contributed by atoms with van der Waals surface area (Å²) in [7, 11) is 0. The van der Waals surface area contributed by atoms with Crippen LogP contribution >= 0.6 is 0 Å². The minimum atomic E-state index is -0.947. The maximum atomic E-state index is 11.0. The molecule has 0 amide bonds. The Morgan fingerprint density at radius 2 is 1.93 bits per heavy atom. The summed E-state index contributed by atoms with van der Waals surface area (Å²) in [6.07, 6.45) is -0.0724. The van der Waals surface area contributed by atoms with Gasteiger partial charge in [0, 0.05) is 13.0 Å². The molecule has 0 aliphatic carbocycles. The first-order valence-corrected chi connectivity index (χ1v) is 4.10. The lowest BCUT2D eigenvalue weighted by molar-refractivity contribution is -0.138. The number of carboxylic acids is 1. The van der Waals surface area contributed by atoms with E-state index in [1.807, 2.05) is 0 Å². The Morgan fingerprint density at radius 3 is 2.36 bits per heavy atom. The number of nitrogens with one attached hydrogen (secondary N) is 2. The first-order chi connectivity index (χ1) is 6.50. The summed E-state index contributed by atoms with van der Waals surface area (Å²) < 4.78 is 0.938. The Kier molecular flexibility index (Phi) is 2.90. The van der Waals surface area contributed by atoms with E-state index in [4.69, 9.17) is 5.11 Å². The average Bonchev–Trinajstić information content (AvgIpc) is 2.34. The summed E-state index contributed by atoms with van der Waals surface area (Å²) in [4.78, 5) is 32.3. The number of hydrogen-bond acceptors (Lipinski definition) is 3. The highest BCUT2D eigenvalue weighted by Gasteiger charge is 2.11.